The van der Waals surface area contributed by atoms with Crippen LogP contribution in [0, 0.1) is 6.92 Å². The van der Waals surface area contributed by atoms with E-state index in [1.165, 1.54) is 4.90 Å². The summed E-state index contributed by atoms with van der Waals surface area (Å²) < 4.78 is 5.12. The Hall–Kier alpha value is -4.13. The number of para-hydroxylation sites is 2. The standard InChI is InChI=1S/C25H23N3O4/c1-16-7-9-17(10-8-16)25(31)28-21-6-4-3-5-20(21)27-24(30)22(28)15-23(29)26-18-11-13-19(32-2)14-12-18/h3-14,22H,15H2,1-2H3,(H,26,29)(H,27,30)/t22-/m1/s1. The summed E-state index contributed by atoms with van der Waals surface area (Å²) in [4.78, 5) is 40.6. The van der Waals surface area contributed by atoms with Crippen LogP contribution in [0.5, 0.6) is 5.75 Å². The maximum atomic E-state index is 13.4. The maximum absolute atomic E-state index is 13.4. The molecule has 0 saturated carbocycles. The van der Waals surface area contributed by atoms with Crippen LogP contribution in [0.3, 0.4) is 0 Å². The topological polar surface area (TPSA) is 87.7 Å². The molecule has 1 atom stereocenters. The van der Waals surface area contributed by atoms with Gasteiger partial charge in [0.1, 0.15) is 11.8 Å². The van der Waals surface area contributed by atoms with Gasteiger partial charge < -0.3 is 15.4 Å². The van der Waals surface area contributed by atoms with Crippen molar-refractivity contribution in [2.24, 2.45) is 0 Å². The van der Waals surface area contributed by atoms with Gasteiger partial charge in [0.05, 0.1) is 24.9 Å². The fourth-order valence-corrected chi connectivity index (χ4v) is 3.62. The highest BCUT2D eigenvalue weighted by molar-refractivity contribution is 6.17. The van der Waals surface area contributed by atoms with Gasteiger partial charge in [0.15, 0.2) is 0 Å². The van der Waals surface area contributed by atoms with E-state index in [0.717, 1.165) is 5.56 Å². The van der Waals surface area contributed by atoms with Gasteiger partial charge >= 0.3 is 0 Å². The van der Waals surface area contributed by atoms with Crippen LogP contribution >= 0.6 is 0 Å². The molecule has 162 valence electrons. The molecule has 0 bridgehead atoms. The van der Waals surface area contributed by atoms with Gasteiger partial charge in [-0.05, 0) is 55.5 Å². The smallest absolute Gasteiger partial charge is 0.259 e. The number of hydrogen-bond donors (Lipinski definition) is 2. The highest BCUT2D eigenvalue weighted by Gasteiger charge is 2.38. The monoisotopic (exact) mass is 429 g/mol. The van der Waals surface area contributed by atoms with Crippen LogP contribution in [0.15, 0.2) is 72.8 Å². The third-order valence-corrected chi connectivity index (χ3v) is 5.31. The predicted octanol–water partition coefficient (Wildman–Crippen LogP) is 4.00. The molecule has 32 heavy (non-hydrogen) atoms. The van der Waals surface area contributed by atoms with E-state index >= 15 is 0 Å². The molecule has 4 rings (SSSR count). The molecule has 0 aliphatic carbocycles. The second kappa shape index (κ2) is 8.93. The molecule has 0 aromatic heterocycles. The van der Waals surface area contributed by atoms with Crippen molar-refractivity contribution < 1.29 is 19.1 Å². The van der Waals surface area contributed by atoms with Crippen molar-refractivity contribution in [2.75, 3.05) is 22.6 Å². The molecule has 0 fully saturated rings. The first kappa shape index (κ1) is 21.1. The Morgan fingerprint density at radius 2 is 1.69 bits per heavy atom. The second-order valence-electron chi connectivity index (χ2n) is 7.54. The Labute approximate surface area is 186 Å². The third kappa shape index (κ3) is 4.32. The summed E-state index contributed by atoms with van der Waals surface area (Å²) in [6, 6.07) is 20.1. The normalized spacial score (nSPS) is 14.9. The lowest BCUT2D eigenvalue weighted by atomic mass is 10.0. The molecule has 1 aliphatic heterocycles. The lowest BCUT2D eigenvalue weighted by molar-refractivity contribution is -0.122. The van der Waals surface area contributed by atoms with Crippen LogP contribution in [-0.4, -0.2) is 30.9 Å². The molecular formula is C25H23N3O4. The molecule has 1 heterocycles. The summed E-state index contributed by atoms with van der Waals surface area (Å²) in [5.74, 6) is -0.457. The molecule has 7 nitrogen and oxygen atoms in total. The number of ether oxygens (including phenoxy) is 1. The number of carbonyl (C=O) groups excluding carboxylic acids is 3. The largest absolute Gasteiger partial charge is 0.497 e. The lowest BCUT2D eigenvalue weighted by Gasteiger charge is -2.36. The highest BCUT2D eigenvalue weighted by Crippen LogP contribution is 2.34. The van der Waals surface area contributed by atoms with Crippen molar-refractivity contribution in [3.63, 3.8) is 0 Å². The van der Waals surface area contributed by atoms with Crippen LogP contribution in [0.4, 0.5) is 17.1 Å². The van der Waals surface area contributed by atoms with Crippen LogP contribution in [0.2, 0.25) is 0 Å². The predicted molar refractivity (Wildman–Crippen MR) is 123 cm³/mol. The van der Waals surface area contributed by atoms with Crippen molar-refractivity contribution in [2.45, 2.75) is 19.4 Å². The number of amides is 3. The summed E-state index contributed by atoms with van der Waals surface area (Å²) in [5.41, 5.74) is 3.13. The first-order valence-corrected chi connectivity index (χ1v) is 10.2. The Morgan fingerprint density at radius 3 is 2.38 bits per heavy atom. The molecule has 1 aliphatic rings. The van der Waals surface area contributed by atoms with Gasteiger partial charge in [0.25, 0.3) is 5.91 Å². The third-order valence-electron chi connectivity index (χ3n) is 5.31. The van der Waals surface area contributed by atoms with Gasteiger partial charge in [-0.15, -0.1) is 0 Å². The fourth-order valence-electron chi connectivity index (χ4n) is 3.62. The summed E-state index contributed by atoms with van der Waals surface area (Å²) in [5, 5.41) is 5.59. The van der Waals surface area contributed by atoms with E-state index in [4.69, 9.17) is 4.74 Å². The molecule has 0 saturated heterocycles. The number of methoxy groups -OCH3 is 1. The second-order valence-corrected chi connectivity index (χ2v) is 7.54. The number of carbonyl (C=O) groups is 3. The first-order chi connectivity index (χ1) is 15.5. The van der Waals surface area contributed by atoms with E-state index in [9.17, 15) is 14.4 Å². The Balaban J connectivity index is 1.62. The first-order valence-electron chi connectivity index (χ1n) is 10.2. The Morgan fingerprint density at radius 1 is 1.00 bits per heavy atom. The van der Waals surface area contributed by atoms with Crippen LogP contribution in [-0.2, 0) is 9.59 Å². The number of rotatable bonds is 5. The number of aryl methyl sites for hydroxylation is 1. The number of hydrogen-bond acceptors (Lipinski definition) is 4. The summed E-state index contributed by atoms with van der Waals surface area (Å²) in [6.07, 6.45) is -0.191. The summed E-state index contributed by atoms with van der Waals surface area (Å²) in [7, 11) is 1.56. The Bertz CT molecular complexity index is 1160. The average Bonchev–Trinajstić information content (AvgIpc) is 2.80. The molecule has 0 unspecified atom stereocenters. The quantitative estimate of drug-likeness (QED) is 0.642. The number of nitrogens with one attached hydrogen (secondary N) is 2. The highest BCUT2D eigenvalue weighted by atomic mass is 16.5. The fraction of sp³-hybridized carbons (Fsp3) is 0.160. The van der Waals surface area contributed by atoms with E-state index in [1.807, 2.05) is 19.1 Å². The van der Waals surface area contributed by atoms with Crippen molar-refractivity contribution in [3.8, 4) is 5.75 Å². The minimum absolute atomic E-state index is 0.191. The van der Waals surface area contributed by atoms with Gasteiger partial charge in [-0.3, -0.25) is 19.3 Å². The zero-order valence-corrected chi connectivity index (χ0v) is 17.8. The molecule has 7 heteroatoms. The van der Waals surface area contributed by atoms with Crippen molar-refractivity contribution >= 4 is 34.8 Å². The lowest BCUT2D eigenvalue weighted by Crippen LogP contribution is -2.52. The maximum Gasteiger partial charge on any atom is 0.259 e. The van der Waals surface area contributed by atoms with Gasteiger partial charge in [-0.25, -0.2) is 0 Å². The molecular weight excluding hydrogens is 406 g/mol. The van der Waals surface area contributed by atoms with Crippen LogP contribution < -0.4 is 20.3 Å². The van der Waals surface area contributed by atoms with Gasteiger partial charge in [0, 0.05) is 11.3 Å². The number of benzene rings is 3. The molecule has 3 aromatic rings. The number of nitrogens with zero attached hydrogens (tertiary/aromatic N) is 1. The van der Waals surface area contributed by atoms with E-state index in [0.29, 0.717) is 28.4 Å². The minimum atomic E-state index is -0.989. The molecule has 3 amide bonds. The Kier molecular flexibility index (Phi) is 5.89. The van der Waals surface area contributed by atoms with Crippen molar-refractivity contribution in [1.82, 2.24) is 0 Å². The SMILES string of the molecule is COc1ccc(NC(=O)C[C@@H]2C(=O)Nc3ccccc3N2C(=O)c2ccc(C)cc2)cc1. The van der Waals surface area contributed by atoms with Crippen LogP contribution in [0.1, 0.15) is 22.3 Å². The summed E-state index contributed by atoms with van der Waals surface area (Å²) in [6.45, 7) is 1.93. The number of fused-ring (bicyclic) bond motifs is 1. The van der Waals surface area contributed by atoms with Gasteiger partial charge in [-0.2, -0.15) is 0 Å². The zero-order valence-electron chi connectivity index (χ0n) is 17.8. The van der Waals surface area contributed by atoms with Crippen LogP contribution in [0.25, 0.3) is 0 Å². The molecule has 0 radical (unpaired) electrons. The molecule has 2 N–H and O–H groups in total. The summed E-state index contributed by atoms with van der Waals surface area (Å²) >= 11 is 0. The van der Waals surface area contributed by atoms with Gasteiger partial charge in [0.2, 0.25) is 11.8 Å². The van der Waals surface area contributed by atoms with E-state index < -0.39 is 11.9 Å². The molecule has 3 aromatic carbocycles. The zero-order chi connectivity index (χ0) is 22.7. The van der Waals surface area contributed by atoms with Gasteiger partial charge in [-0.1, -0.05) is 29.8 Å². The van der Waals surface area contributed by atoms with E-state index in [1.54, 1.807) is 67.8 Å². The number of anilines is 3. The van der Waals surface area contributed by atoms with E-state index in [2.05, 4.69) is 10.6 Å². The van der Waals surface area contributed by atoms with E-state index in [-0.39, 0.29) is 18.2 Å². The van der Waals surface area contributed by atoms with Crippen molar-refractivity contribution in [3.05, 3.63) is 83.9 Å². The van der Waals surface area contributed by atoms with Crippen molar-refractivity contribution in [1.29, 1.82) is 0 Å². The average molecular weight is 429 g/mol. The molecule has 0 spiro atoms. The minimum Gasteiger partial charge on any atom is -0.497 e.